The average Bonchev–Trinajstić information content (AvgIpc) is 3.12. The van der Waals surface area contributed by atoms with Gasteiger partial charge >= 0.3 is 0 Å². The van der Waals surface area contributed by atoms with Crippen LogP contribution >= 0.6 is 0 Å². The maximum Gasteiger partial charge on any atom is 0.0116 e. The molecule has 1 atom stereocenters. The van der Waals surface area contributed by atoms with Crippen molar-refractivity contribution >= 4 is 6.08 Å². The molecular weight excluding hydrogens is 276 g/mol. The Morgan fingerprint density at radius 3 is 2.61 bits per heavy atom. The van der Waals surface area contributed by atoms with Crippen LogP contribution in [0.4, 0.5) is 0 Å². The van der Waals surface area contributed by atoms with Crippen LogP contribution < -0.4 is 0 Å². The summed E-state index contributed by atoms with van der Waals surface area (Å²) in [5.41, 5.74) is 8.24. The van der Waals surface area contributed by atoms with Gasteiger partial charge in [0.15, 0.2) is 0 Å². The normalized spacial score (nSPS) is 24.1. The van der Waals surface area contributed by atoms with Gasteiger partial charge < -0.3 is 0 Å². The summed E-state index contributed by atoms with van der Waals surface area (Å²) in [5, 5.41) is 0. The molecule has 0 fully saturated rings. The van der Waals surface area contributed by atoms with Crippen LogP contribution in [0.2, 0.25) is 0 Å². The van der Waals surface area contributed by atoms with Crippen molar-refractivity contribution in [3.05, 3.63) is 64.3 Å². The summed E-state index contributed by atoms with van der Waals surface area (Å²) in [4.78, 5) is 0. The fraction of sp³-hybridized carbons (Fsp3) is 0.478. The van der Waals surface area contributed by atoms with E-state index >= 15 is 0 Å². The lowest BCUT2D eigenvalue weighted by atomic mass is 9.70. The zero-order valence-electron chi connectivity index (χ0n) is 14.6. The lowest BCUT2D eigenvalue weighted by Gasteiger charge is -2.34. The molecule has 0 spiro atoms. The molecule has 0 saturated heterocycles. The molecule has 3 aliphatic carbocycles. The van der Waals surface area contributed by atoms with Gasteiger partial charge in [-0.25, -0.2) is 0 Å². The molecule has 4 rings (SSSR count). The highest BCUT2D eigenvalue weighted by molar-refractivity contribution is 5.64. The first-order valence-electron chi connectivity index (χ1n) is 9.35. The number of rotatable bonds is 2. The second-order valence-corrected chi connectivity index (χ2v) is 8.08. The van der Waals surface area contributed by atoms with Crippen LogP contribution in [-0.4, -0.2) is 0 Å². The van der Waals surface area contributed by atoms with Gasteiger partial charge in [-0.2, -0.15) is 0 Å². The molecule has 0 aliphatic heterocycles. The fourth-order valence-electron chi connectivity index (χ4n) is 4.70. The van der Waals surface area contributed by atoms with Crippen LogP contribution in [0.1, 0.15) is 75.8 Å². The first-order valence-corrected chi connectivity index (χ1v) is 9.35. The quantitative estimate of drug-likeness (QED) is 0.563. The van der Waals surface area contributed by atoms with Crippen molar-refractivity contribution < 1.29 is 0 Å². The highest BCUT2D eigenvalue weighted by Gasteiger charge is 2.37. The topological polar surface area (TPSA) is 0 Å². The Bertz CT molecular complexity index is 697. The molecule has 1 aromatic carbocycles. The lowest BCUT2D eigenvalue weighted by molar-refractivity contribution is 0.393. The number of benzene rings is 1. The molecule has 0 nitrogen and oxygen atoms in total. The van der Waals surface area contributed by atoms with Gasteiger partial charge in [0.25, 0.3) is 0 Å². The number of hydrogen-bond acceptors (Lipinski definition) is 0. The highest BCUT2D eigenvalue weighted by atomic mass is 14.4. The van der Waals surface area contributed by atoms with Crippen LogP contribution in [0.25, 0.3) is 6.08 Å². The van der Waals surface area contributed by atoms with Crippen molar-refractivity contribution in [3.63, 3.8) is 0 Å². The van der Waals surface area contributed by atoms with Gasteiger partial charge in [0.1, 0.15) is 0 Å². The number of allylic oxidation sites excluding steroid dienone is 5. The smallest absolute Gasteiger partial charge is 0.0116 e. The highest BCUT2D eigenvalue weighted by Crippen LogP contribution is 2.51. The summed E-state index contributed by atoms with van der Waals surface area (Å²) >= 11 is 0. The second-order valence-electron chi connectivity index (χ2n) is 8.08. The van der Waals surface area contributed by atoms with Gasteiger partial charge in [0.05, 0.1) is 0 Å². The molecule has 0 bridgehead atoms. The lowest BCUT2D eigenvalue weighted by Crippen LogP contribution is -2.22. The molecule has 0 saturated carbocycles. The van der Waals surface area contributed by atoms with Crippen LogP contribution in [0.15, 0.2) is 53.1 Å². The zero-order chi connectivity index (χ0) is 15.9. The van der Waals surface area contributed by atoms with Crippen LogP contribution in [0.3, 0.4) is 0 Å². The fourth-order valence-corrected chi connectivity index (χ4v) is 4.70. The van der Waals surface area contributed by atoms with E-state index in [0.29, 0.717) is 5.92 Å². The molecule has 120 valence electrons. The van der Waals surface area contributed by atoms with Crippen molar-refractivity contribution in [2.45, 2.75) is 64.7 Å². The van der Waals surface area contributed by atoms with Gasteiger partial charge in [-0.05, 0) is 54.2 Å². The van der Waals surface area contributed by atoms with Crippen molar-refractivity contribution in [1.29, 1.82) is 0 Å². The van der Waals surface area contributed by atoms with Gasteiger partial charge in [0.2, 0.25) is 0 Å². The molecule has 1 aromatic rings. The van der Waals surface area contributed by atoms with E-state index in [2.05, 4.69) is 56.3 Å². The van der Waals surface area contributed by atoms with E-state index in [1.54, 1.807) is 16.7 Å². The van der Waals surface area contributed by atoms with Gasteiger partial charge in [0, 0.05) is 5.92 Å². The SMILES string of the molecule is CC(C)(C1=CC2=C(CCCCCC2)C1)C1C=Cc2ccccc21. The number of hydrogen-bond donors (Lipinski definition) is 0. The van der Waals surface area contributed by atoms with Crippen LogP contribution in [0, 0.1) is 5.41 Å². The Kier molecular flexibility index (Phi) is 3.79. The third kappa shape index (κ3) is 2.63. The molecule has 0 amide bonds. The molecule has 0 radical (unpaired) electrons. The molecule has 1 unspecified atom stereocenters. The molecule has 0 N–H and O–H groups in total. The van der Waals surface area contributed by atoms with E-state index in [1.165, 1.54) is 56.1 Å². The van der Waals surface area contributed by atoms with E-state index in [-0.39, 0.29) is 5.41 Å². The zero-order valence-corrected chi connectivity index (χ0v) is 14.6. The average molecular weight is 304 g/mol. The minimum Gasteiger partial charge on any atom is -0.0755 e. The van der Waals surface area contributed by atoms with E-state index in [9.17, 15) is 0 Å². The third-order valence-corrected chi connectivity index (χ3v) is 6.29. The molecule has 0 heterocycles. The predicted molar refractivity (Wildman–Crippen MR) is 99.4 cm³/mol. The summed E-state index contributed by atoms with van der Waals surface area (Å²) in [6.45, 7) is 4.91. The summed E-state index contributed by atoms with van der Waals surface area (Å²) in [7, 11) is 0. The van der Waals surface area contributed by atoms with Gasteiger partial charge in [-0.15, -0.1) is 0 Å². The summed E-state index contributed by atoms with van der Waals surface area (Å²) in [6, 6.07) is 8.92. The maximum atomic E-state index is 2.58. The van der Waals surface area contributed by atoms with E-state index in [4.69, 9.17) is 0 Å². The second kappa shape index (κ2) is 5.82. The monoisotopic (exact) mass is 304 g/mol. The summed E-state index contributed by atoms with van der Waals surface area (Å²) in [5.74, 6) is 0.524. The Morgan fingerprint density at radius 1 is 0.957 bits per heavy atom. The third-order valence-electron chi connectivity index (χ3n) is 6.29. The largest absolute Gasteiger partial charge is 0.0755 e. The van der Waals surface area contributed by atoms with E-state index < -0.39 is 0 Å². The Labute approximate surface area is 141 Å². The van der Waals surface area contributed by atoms with Crippen molar-refractivity contribution in [2.24, 2.45) is 5.41 Å². The maximum absolute atomic E-state index is 2.58. The van der Waals surface area contributed by atoms with E-state index in [0.717, 1.165) is 0 Å². The summed E-state index contributed by atoms with van der Waals surface area (Å²) < 4.78 is 0. The van der Waals surface area contributed by atoms with Crippen LogP contribution in [-0.2, 0) is 0 Å². The Morgan fingerprint density at radius 2 is 1.74 bits per heavy atom. The van der Waals surface area contributed by atoms with Crippen molar-refractivity contribution in [3.8, 4) is 0 Å². The van der Waals surface area contributed by atoms with Crippen LogP contribution in [0.5, 0.6) is 0 Å². The minimum atomic E-state index is 0.212. The molecule has 0 aromatic heterocycles. The number of fused-ring (bicyclic) bond motifs is 1. The predicted octanol–water partition coefficient (Wildman–Crippen LogP) is 6.80. The molecule has 23 heavy (non-hydrogen) atoms. The van der Waals surface area contributed by atoms with Crippen molar-refractivity contribution in [1.82, 2.24) is 0 Å². The Hall–Kier alpha value is -1.56. The first kappa shape index (κ1) is 15.0. The standard InChI is InChI=1S/C23H28/c1-23(2,22-14-13-17-9-7-8-12-21(17)22)20-15-18-10-5-3-4-6-11-19(18)16-20/h7-9,12-15,22H,3-6,10-11,16H2,1-2H3. The first-order chi connectivity index (χ1) is 11.2. The minimum absolute atomic E-state index is 0.212. The summed E-state index contributed by atoms with van der Waals surface area (Å²) in [6.07, 6.45) is 16.8. The Balaban J connectivity index is 1.61. The van der Waals surface area contributed by atoms with Gasteiger partial charge in [-0.3, -0.25) is 0 Å². The van der Waals surface area contributed by atoms with E-state index in [1.807, 2.05) is 0 Å². The van der Waals surface area contributed by atoms with Gasteiger partial charge in [-0.1, -0.05) is 80.3 Å². The molecular formula is C23H28. The molecule has 3 aliphatic rings. The molecule has 0 heteroatoms. The van der Waals surface area contributed by atoms with Crippen molar-refractivity contribution in [2.75, 3.05) is 0 Å².